The van der Waals surface area contributed by atoms with E-state index in [0.717, 1.165) is 29.9 Å². The number of anilines is 1. The molecule has 144 valence electrons. The zero-order valence-electron chi connectivity index (χ0n) is 15.7. The molecule has 1 unspecified atom stereocenters. The third kappa shape index (κ3) is 4.87. The van der Waals surface area contributed by atoms with Gasteiger partial charge in [0.15, 0.2) is 0 Å². The first-order chi connectivity index (χ1) is 12.7. The van der Waals surface area contributed by atoms with Crippen LogP contribution in [0.1, 0.15) is 43.4 Å². The first kappa shape index (κ1) is 18.9. The van der Waals surface area contributed by atoms with Gasteiger partial charge in [-0.05, 0) is 49.1 Å². The molecule has 3 amide bonds. The summed E-state index contributed by atoms with van der Waals surface area (Å²) in [5.41, 5.74) is 1.48. The van der Waals surface area contributed by atoms with Gasteiger partial charge in [0.25, 0.3) is 0 Å². The number of carbonyl (C=O) groups excluding carboxylic acids is 2. The van der Waals surface area contributed by atoms with Gasteiger partial charge in [0.1, 0.15) is 17.3 Å². The topological polar surface area (TPSA) is 83.4 Å². The number of rotatable bonds is 4. The lowest BCUT2D eigenvalue weighted by Crippen LogP contribution is -2.43. The van der Waals surface area contributed by atoms with Gasteiger partial charge < -0.3 is 20.4 Å². The van der Waals surface area contributed by atoms with Crippen LogP contribution in [-0.4, -0.2) is 18.5 Å². The second-order valence-corrected chi connectivity index (χ2v) is 7.72. The van der Waals surface area contributed by atoms with Crippen LogP contribution >= 0.6 is 0 Å². The van der Waals surface area contributed by atoms with E-state index in [-0.39, 0.29) is 29.7 Å². The molecule has 1 atom stereocenters. The number of halogens is 1. The highest BCUT2D eigenvalue weighted by atomic mass is 19.1. The highest BCUT2D eigenvalue weighted by Gasteiger charge is 2.35. The SMILES string of the molecule is Cc1cc2c(o1)CC(C)(C)CC2NC(=O)NCC(=O)Nc1ccc(F)cc1. The van der Waals surface area contributed by atoms with Gasteiger partial charge in [-0.15, -0.1) is 0 Å². The molecule has 0 radical (unpaired) electrons. The number of hydrogen-bond donors (Lipinski definition) is 3. The van der Waals surface area contributed by atoms with Crippen molar-refractivity contribution < 1.29 is 18.4 Å². The molecule has 7 heteroatoms. The maximum absolute atomic E-state index is 12.9. The van der Waals surface area contributed by atoms with Crippen LogP contribution in [-0.2, 0) is 11.2 Å². The highest BCUT2D eigenvalue weighted by Crippen LogP contribution is 2.41. The third-order valence-corrected chi connectivity index (χ3v) is 4.58. The van der Waals surface area contributed by atoms with Gasteiger partial charge in [-0.25, -0.2) is 9.18 Å². The molecule has 0 spiro atoms. The molecule has 2 aromatic rings. The quantitative estimate of drug-likeness (QED) is 0.764. The molecule has 3 rings (SSSR count). The van der Waals surface area contributed by atoms with Crippen molar-refractivity contribution in [2.75, 3.05) is 11.9 Å². The van der Waals surface area contributed by atoms with Crippen LogP contribution in [0.15, 0.2) is 34.7 Å². The molecular weight excluding hydrogens is 349 g/mol. The van der Waals surface area contributed by atoms with Crippen LogP contribution in [0.5, 0.6) is 0 Å². The molecule has 0 bridgehead atoms. The molecule has 1 aliphatic carbocycles. The largest absolute Gasteiger partial charge is 0.466 e. The molecule has 1 aromatic heterocycles. The number of nitrogens with one attached hydrogen (secondary N) is 3. The summed E-state index contributed by atoms with van der Waals surface area (Å²) >= 11 is 0. The number of hydrogen-bond acceptors (Lipinski definition) is 3. The first-order valence-corrected chi connectivity index (χ1v) is 8.91. The lowest BCUT2D eigenvalue weighted by atomic mass is 9.75. The Bertz CT molecular complexity index is 843. The number of benzene rings is 1. The maximum atomic E-state index is 12.9. The smallest absolute Gasteiger partial charge is 0.315 e. The number of urea groups is 1. The van der Waals surface area contributed by atoms with Gasteiger partial charge in [-0.3, -0.25) is 4.79 Å². The van der Waals surface area contributed by atoms with Gasteiger partial charge in [0, 0.05) is 17.7 Å². The Morgan fingerprint density at radius 2 is 1.96 bits per heavy atom. The minimum Gasteiger partial charge on any atom is -0.466 e. The Morgan fingerprint density at radius 3 is 2.67 bits per heavy atom. The fourth-order valence-corrected chi connectivity index (χ4v) is 3.42. The van der Waals surface area contributed by atoms with Crippen molar-refractivity contribution in [3.8, 4) is 0 Å². The zero-order valence-corrected chi connectivity index (χ0v) is 15.7. The Balaban J connectivity index is 1.54. The van der Waals surface area contributed by atoms with Crippen LogP contribution in [0.2, 0.25) is 0 Å². The molecule has 1 aromatic carbocycles. The van der Waals surface area contributed by atoms with E-state index < -0.39 is 6.03 Å². The fourth-order valence-electron chi connectivity index (χ4n) is 3.42. The second-order valence-electron chi connectivity index (χ2n) is 7.72. The standard InChI is InChI=1S/C20H24FN3O3/c1-12-8-15-16(9-20(2,3)10-17(15)27-12)24-19(26)22-11-18(25)23-14-6-4-13(21)5-7-14/h4-8,16H,9-11H2,1-3H3,(H,23,25)(H2,22,24,26). The van der Waals surface area contributed by atoms with Gasteiger partial charge in [0.2, 0.25) is 5.91 Å². The van der Waals surface area contributed by atoms with Crippen LogP contribution in [0.25, 0.3) is 0 Å². The molecule has 0 saturated heterocycles. The van der Waals surface area contributed by atoms with E-state index in [0.29, 0.717) is 5.69 Å². The van der Waals surface area contributed by atoms with Crippen molar-refractivity contribution in [2.24, 2.45) is 5.41 Å². The second kappa shape index (κ2) is 7.42. The summed E-state index contributed by atoms with van der Waals surface area (Å²) in [6, 6.07) is 6.80. The van der Waals surface area contributed by atoms with Crippen LogP contribution < -0.4 is 16.0 Å². The molecule has 0 saturated carbocycles. The highest BCUT2D eigenvalue weighted by molar-refractivity contribution is 5.94. The molecule has 3 N–H and O–H groups in total. The molecule has 6 nitrogen and oxygen atoms in total. The lowest BCUT2D eigenvalue weighted by Gasteiger charge is -2.34. The van der Waals surface area contributed by atoms with Crippen LogP contribution in [0, 0.1) is 18.2 Å². The van der Waals surface area contributed by atoms with E-state index in [2.05, 4.69) is 29.8 Å². The summed E-state index contributed by atoms with van der Waals surface area (Å²) in [7, 11) is 0. The summed E-state index contributed by atoms with van der Waals surface area (Å²) in [4.78, 5) is 24.2. The van der Waals surface area contributed by atoms with Crippen molar-refractivity contribution in [1.82, 2.24) is 10.6 Å². The number of carbonyl (C=O) groups is 2. The van der Waals surface area contributed by atoms with E-state index in [1.165, 1.54) is 24.3 Å². The maximum Gasteiger partial charge on any atom is 0.315 e. The van der Waals surface area contributed by atoms with E-state index in [4.69, 9.17) is 4.42 Å². The lowest BCUT2D eigenvalue weighted by molar-refractivity contribution is -0.115. The predicted molar refractivity (Wildman–Crippen MR) is 99.9 cm³/mol. The Hall–Kier alpha value is -2.83. The fraction of sp³-hybridized carbons (Fsp3) is 0.400. The van der Waals surface area contributed by atoms with Gasteiger partial charge >= 0.3 is 6.03 Å². The van der Waals surface area contributed by atoms with Crippen molar-refractivity contribution in [1.29, 1.82) is 0 Å². The average molecular weight is 373 g/mol. The zero-order chi connectivity index (χ0) is 19.6. The summed E-state index contributed by atoms with van der Waals surface area (Å²) in [5, 5.41) is 8.09. The van der Waals surface area contributed by atoms with Crippen molar-refractivity contribution in [3.05, 3.63) is 53.2 Å². The average Bonchev–Trinajstić information content (AvgIpc) is 2.94. The normalized spacial score (nSPS) is 17.7. The minimum atomic E-state index is -0.420. The third-order valence-electron chi connectivity index (χ3n) is 4.58. The minimum absolute atomic E-state index is 0.00913. The molecule has 27 heavy (non-hydrogen) atoms. The van der Waals surface area contributed by atoms with Crippen LogP contribution in [0.4, 0.5) is 14.9 Å². The number of furan rings is 1. The van der Waals surface area contributed by atoms with E-state index in [1.807, 2.05) is 13.0 Å². The first-order valence-electron chi connectivity index (χ1n) is 8.91. The van der Waals surface area contributed by atoms with Gasteiger partial charge in [-0.1, -0.05) is 13.8 Å². The molecular formula is C20H24FN3O3. The molecule has 1 heterocycles. The Kier molecular flexibility index (Phi) is 5.21. The number of amides is 3. The monoisotopic (exact) mass is 373 g/mol. The predicted octanol–water partition coefficient (Wildman–Crippen LogP) is 3.68. The van der Waals surface area contributed by atoms with E-state index >= 15 is 0 Å². The van der Waals surface area contributed by atoms with Gasteiger partial charge in [0.05, 0.1) is 12.6 Å². The number of aryl methyl sites for hydroxylation is 1. The van der Waals surface area contributed by atoms with Crippen molar-refractivity contribution in [2.45, 2.75) is 39.7 Å². The Morgan fingerprint density at radius 1 is 1.26 bits per heavy atom. The van der Waals surface area contributed by atoms with Crippen molar-refractivity contribution >= 4 is 17.6 Å². The number of fused-ring (bicyclic) bond motifs is 1. The van der Waals surface area contributed by atoms with E-state index in [9.17, 15) is 14.0 Å². The molecule has 0 fully saturated rings. The summed E-state index contributed by atoms with van der Waals surface area (Å²) in [6.07, 6.45) is 1.62. The summed E-state index contributed by atoms with van der Waals surface area (Å²) in [5.74, 6) is 0.960. The Labute approximate surface area is 157 Å². The molecule has 1 aliphatic rings. The van der Waals surface area contributed by atoms with Crippen LogP contribution in [0.3, 0.4) is 0 Å². The van der Waals surface area contributed by atoms with Gasteiger partial charge in [-0.2, -0.15) is 0 Å². The summed E-state index contributed by atoms with van der Waals surface area (Å²) in [6.45, 7) is 5.98. The molecule has 0 aliphatic heterocycles. The van der Waals surface area contributed by atoms with Crippen molar-refractivity contribution in [3.63, 3.8) is 0 Å². The summed E-state index contributed by atoms with van der Waals surface area (Å²) < 4.78 is 18.6. The van der Waals surface area contributed by atoms with E-state index in [1.54, 1.807) is 0 Å².